The van der Waals surface area contributed by atoms with Crippen molar-refractivity contribution in [2.75, 3.05) is 14.2 Å². The zero-order valence-electron chi connectivity index (χ0n) is 22.4. The molecule has 0 spiro atoms. The summed E-state index contributed by atoms with van der Waals surface area (Å²) in [6.07, 6.45) is 2.54. The van der Waals surface area contributed by atoms with E-state index in [-0.39, 0.29) is 0 Å². The van der Waals surface area contributed by atoms with Gasteiger partial charge in [0.2, 0.25) is 5.89 Å². The Bertz CT molecular complexity index is 1970. The van der Waals surface area contributed by atoms with Gasteiger partial charge < -0.3 is 13.9 Å². The number of nitrogens with zero attached hydrogens (tertiary/aromatic N) is 4. The predicted molar refractivity (Wildman–Crippen MR) is 152 cm³/mol. The first kappa shape index (κ1) is 24.9. The largest absolute Gasteiger partial charge is 0.496 e. The molecule has 40 heavy (non-hydrogen) atoms. The molecule has 2 heterocycles. The number of hydrogen-bond donors (Lipinski definition) is 0. The molecule has 0 radical (unpaired) electrons. The maximum Gasteiger partial charge on any atom is 0.227 e. The lowest BCUT2D eigenvalue weighted by Crippen LogP contribution is -2.01. The molecule has 0 unspecified atom stereocenters. The van der Waals surface area contributed by atoms with Gasteiger partial charge in [-0.3, -0.25) is 4.79 Å². The number of aromatic nitrogens is 3. The number of nitriles is 1. The molecule has 0 fully saturated rings. The molecule has 0 aliphatic rings. The second kappa shape index (κ2) is 9.71. The highest BCUT2D eigenvalue weighted by atomic mass is 16.5. The van der Waals surface area contributed by atoms with Gasteiger partial charge in [0.15, 0.2) is 11.9 Å². The average Bonchev–Trinajstić information content (AvgIpc) is 3.60. The Morgan fingerprint density at radius 1 is 0.950 bits per heavy atom. The first-order valence-corrected chi connectivity index (χ1v) is 12.6. The fourth-order valence-electron chi connectivity index (χ4n) is 5.19. The maximum absolute atomic E-state index is 11.6. The summed E-state index contributed by atoms with van der Waals surface area (Å²) in [7, 11) is 3.03. The second-order valence-corrected chi connectivity index (χ2v) is 9.45. The summed E-state index contributed by atoms with van der Waals surface area (Å²) in [5.74, 6) is 1.27. The van der Waals surface area contributed by atoms with Crippen LogP contribution in [0.2, 0.25) is 0 Å². The summed E-state index contributed by atoms with van der Waals surface area (Å²) in [6.45, 7) is 3.97. The van der Waals surface area contributed by atoms with Crippen molar-refractivity contribution in [3.8, 4) is 45.8 Å². The summed E-state index contributed by atoms with van der Waals surface area (Å²) in [4.78, 5) is 16.3. The van der Waals surface area contributed by atoms with E-state index in [0.29, 0.717) is 45.3 Å². The van der Waals surface area contributed by atoms with Crippen LogP contribution in [0.1, 0.15) is 27.0 Å². The SMILES string of the molecule is COc1cc(-n2ncc3c(-c4cccc(-c5nc6cc(C)cc(C#N)c6o5)c4C)cccc32)cc(OC)c1C=O. The van der Waals surface area contributed by atoms with E-state index in [4.69, 9.17) is 18.9 Å². The summed E-state index contributed by atoms with van der Waals surface area (Å²) in [5.41, 5.74) is 8.33. The molecule has 2 aromatic heterocycles. The van der Waals surface area contributed by atoms with Gasteiger partial charge in [0, 0.05) is 23.1 Å². The zero-order chi connectivity index (χ0) is 28.0. The van der Waals surface area contributed by atoms with Gasteiger partial charge >= 0.3 is 0 Å². The van der Waals surface area contributed by atoms with Crippen molar-refractivity contribution in [2.45, 2.75) is 13.8 Å². The molecule has 0 amide bonds. The van der Waals surface area contributed by atoms with Gasteiger partial charge in [0.05, 0.1) is 42.7 Å². The van der Waals surface area contributed by atoms with Crippen molar-refractivity contribution in [3.63, 3.8) is 0 Å². The van der Waals surface area contributed by atoms with Crippen LogP contribution in [0.15, 0.2) is 71.3 Å². The summed E-state index contributed by atoms with van der Waals surface area (Å²) in [6, 6.07) is 21.5. The molecule has 6 aromatic rings. The third-order valence-corrected chi connectivity index (χ3v) is 7.11. The third-order valence-electron chi connectivity index (χ3n) is 7.11. The molecule has 8 heteroatoms. The van der Waals surface area contributed by atoms with Gasteiger partial charge in [0.25, 0.3) is 0 Å². The highest BCUT2D eigenvalue weighted by molar-refractivity contribution is 5.97. The Balaban J connectivity index is 1.50. The monoisotopic (exact) mass is 528 g/mol. The van der Waals surface area contributed by atoms with Gasteiger partial charge in [-0.05, 0) is 60.4 Å². The average molecular weight is 529 g/mol. The molecule has 0 bridgehead atoms. The second-order valence-electron chi connectivity index (χ2n) is 9.45. The standard InChI is InChI=1S/C32H24N4O4/c1-18-11-20(15-33)31-27(12-18)35-32(40-31)23-8-5-7-22(19(23)2)24-9-6-10-28-25(24)16-34-36(28)21-13-29(38-3)26(17-37)30(14-21)39-4/h5-14,16-17H,1-4H3. The number of aldehydes is 1. The van der Waals surface area contributed by atoms with E-state index < -0.39 is 0 Å². The Morgan fingerprint density at radius 3 is 2.35 bits per heavy atom. The molecule has 0 saturated heterocycles. The van der Waals surface area contributed by atoms with Gasteiger partial charge in [-0.25, -0.2) is 9.67 Å². The highest BCUT2D eigenvalue weighted by Crippen LogP contribution is 2.38. The van der Waals surface area contributed by atoms with Crippen molar-refractivity contribution >= 4 is 28.3 Å². The molecule has 0 N–H and O–H groups in total. The lowest BCUT2D eigenvalue weighted by Gasteiger charge is -2.13. The number of hydrogen-bond acceptors (Lipinski definition) is 7. The number of methoxy groups -OCH3 is 2. The number of oxazole rings is 1. The van der Waals surface area contributed by atoms with Crippen LogP contribution in [0, 0.1) is 25.2 Å². The van der Waals surface area contributed by atoms with E-state index in [1.165, 1.54) is 14.2 Å². The quantitative estimate of drug-likeness (QED) is 0.219. The van der Waals surface area contributed by atoms with Crippen molar-refractivity contribution in [2.24, 2.45) is 0 Å². The molecule has 0 atom stereocenters. The first-order chi connectivity index (χ1) is 19.5. The minimum atomic E-state index is 0.342. The van der Waals surface area contributed by atoms with Crippen LogP contribution in [0.3, 0.4) is 0 Å². The van der Waals surface area contributed by atoms with E-state index in [2.05, 4.69) is 23.3 Å². The highest BCUT2D eigenvalue weighted by Gasteiger charge is 2.19. The number of ether oxygens (including phenoxy) is 2. The lowest BCUT2D eigenvalue weighted by molar-refractivity contribution is 0.111. The van der Waals surface area contributed by atoms with Crippen LogP contribution >= 0.6 is 0 Å². The molecular formula is C32H24N4O4. The molecule has 196 valence electrons. The molecule has 0 aliphatic carbocycles. The molecular weight excluding hydrogens is 504 g/mol. The van der Waals surface area contributed by atoms with Gasteiger partial charge in [-0.15, -0.1) is 0 Å². The fourth-order valence-corrected chi connectivity index (χ4v) is 5.19. The molecule has 0 aliphatic heterocycles. The molecule has 8 nitrogen and oxygen atoms in total. The van der Waals surface area contributed by atoms with E-state index in [1.54, 1.807) is 22.9 Å². The molecule has 6 rings (SSSR count). The van der Waals surface area contributed by atoms with Gasteiger partial charge in [-0.2, -0.15) is 10.4 Å². The van der Waals surface area contributed by atoms with E-state index >= 15 is 0 Å². The van der Waals surface area contributed by atoms with Crippen LogP contribution in [-0.2, 0) is 0 Å². The minimum absolute atomic E-state index is 0.342. The van der Waals surface area contributed by atoms with Crippen LogP contribution in [0.5, 0.6) is 11.5 Å². The van der Waals surface area contributed by atoms with E-state index in [9.17, 15) is 10.1 Å². The van der Waals surface area contributed by atoms with Crippen molar-refractivity contribution in [1.29, 1.82) is 5.26 Å². The summed E-state index contributed by atoms with van der Waals surface area (Å²) >= 11 is 0. The van der Waals surface area contributed by atoms with E-state index in [1.807, 2.05) is 50.4 Å². The van der Waals surface area contributed by atoms with E-state index in [0.717, 1.165) is 45.0 Å². The number of rotatable bonds is 6. The Labute approximate surface area is 230 Å². The van der Waals surface area contributed by atoms with Crippen molar-refractivity contribution in [3.05, 3.63) is 89.1 Å². The Morgan fingerprint density at radius 2 is 1.65 bits per heavy atom. The molecule has 4 aromatic carbocycles. The first-order valence-electron chi connectivity index (χ1n) is 12.6. The number of carbonyl (C=O) groups excluding carboxylic acids is 1. The fraction of sp³-hybridized carbons (Fsp3) is 0.125. The summed E-state index contributed by atoms with van der Waals surface area (Å²) < 4.78 is 18.8. The third kappa shape index (κ3) is 3.87. The zero-order valence-corrected chi connectivity index (χ0v) is 22.4. The normalized spacial score (nSPS) is 11.1. The van der Waals surface area contributed by atoms with Crippen molar-refractivity contribution < 1.29 is 18.7 Å². The summed E-state index contributed by atoms with van der Waals surface area (Å²) in [5, 5.41) is 15.2. The topological polar surface area (TPSA) is 103 Å². The van der Waals surface area contributed by atoms with Gasteiger partial charge in [-0.1, -0.05) is 24.3 Å². The maximum atomic E-state index is 11.6. The van der Waals surface area contributed by atoms with Gasteiger partial charge in [0.1, 0.15) is 23.1 Å². The number of aryl methyl sites for hydroxylation is 1. The van der Waals surface area contributed by atoms with Crippen molar-refractivity contribution in [1.82, 2.24) is 14.8 Å². The van der Waals surface area contributed by atoms with Crippen LogP contribution in [0.4, 0.5) is 0 Å². The Hall–Kier alpha value is -5.42. The van der Waals surface area contributed by atoms with Crippen LogP contribution < -0.4 is 9.47 Å². The number of benzene rings is 4. The number of fused-ring (bicyclic) bond motifs is 2. The van der Waals surface area contributed by atoms with Crippen LogP contribution in [0.25, 0.3) is 50.3 Å². The number of carbonyl (C=O) groups is 1. The Kier molecular flexibility index (Phi) is 6.04. The predicted octanol–water partition coefficient (Wildman–Crippen LogP) is 6.82. The minimum Gasteiger partial charge on any atom is -0.496 e. The lowest BCUT2D eigenvalue weighted by atomic mass is 9.94. The smallest absolute Gasteiger partial charge is 0.227 e. The molecule has 0 saturated carbocycles. The van der Waals surface area contributed by atoms with Crippen LogP contribution in [-0.4, -0.2) is 35.3 Å².